The van der Waals surface area contributed by atoms with E-state index in [0.717, 1.165) is 33.2 Å². The molecule has 0 aliphatic carbocycles. The van der Waals surface area contributed by atoms with Crippen LogP contribution >= 0.6 is 11.6 Å². The topological polar surface area (TPSA) is 61.5 Å². The molecule has 36 heavy (non-hydrogen) atoms. The summed E-state index contributed by atoms with van der Waals surface area (Å²) in [7, 11) is 0. The van der Waals surface area contributed by atoms with Crippen molar-refractivity contribution in [3.63, 3.8) is 0 Å². The first kappa shape index (κ1) is 20.9. The van der Waals surface area contributed by atoms with Crippen LogP contribution in [0.1, 0.15) is 28.4 Å². The lowest BCUT2D eigenvalue weighted by atomic mass is 9.83. The molecular formula is C29H19ClN4O2. The number of halogens is 1. The third-order valence-corrected chi connectivity index (χ3v) is 6.71. The molecule has 1 aliphatic heterocycles. The molecule has 0 fully saturated rings. The Morgan fingerprint density at radius 2 is 1.69 bits per heavy atom. The predicted octanol–water partition coefficient (Wildman–Crippen LogP) is 6.80. The van der Waals surface area contributed by atoms with Crippen molar-refractivity contribution in [3.8, 4) is 17.4 Å². The van der Waals surface area contributed by atoms with Crippen LogP contribution in [-0.2, 0) is 6.61 Å². The average molecular weight is 491 g/mol. The average Bonchev–Trinajstić information content (AvgIpc) is 3.35. The number of hydrogen-bond donors (Lipinski definition) is 0. The summed E-state index contributed by atoms with van der Waals surface area (Å²) in [5.41, 5.74) is 3.79. The molecule has 2 aromatic heterocycles. The van der Waals surface area contributed by atoms with Crippen LogP contribution < -0.4 is 9.47 Å². The van der Waals surface area contributed by atoms with Gasteiger partial charge >= 0.3 is 0 Å². The smallest absolute Gasteiger partial charge is 0.228 e. The van der Waals surface area contributed by atoms with E-state index in [-0.39, 0.29) is 12.5 Å². The fourth-order valence-corrected chi connectivity index (χ4v) is 4.95. The predicted molar refractivity (Wildman–Crippen MR) is 138 cm³/mol. The van der Waals surface area contributed by atoms with Crippen LogP contribution in [0.25, 0.3) is 16.4 Å². The van der Waals surface area contributed by atoms with Gasteiger partial charge in [-0.2, -0.15) is 0 Å². The van der Waals surface area contributed by atoms with Gasteiger partial charge < -0.3 is 9.47 Å². The lowest BCUT2D eigenvalue weighted by Crippen LogP contribution is -2.15. The monoisotopic (exact) mass is 490 g/mol. The minimum atomic E-state index is -0.111. The maximum Gasteiger partial charge on any atom is 0.228 e. The van der Waals surface area contributed by atoms with Gasteiger partial charge in [0.25, 0.3) is 0 Å². The maximum atomic E-state index is 6.46. The molecule has 0 radical (unpaired) electrons. The van der Waals surface area contributed by atoms with E-state index in [4.69, 9.17) is 26.1 Å². The Morgan fingerprint density at radius 3 is 2.56 bits per heavy atom. The normalized spacial score (nSPS) is 14.3. The van der Waals surface area contributed by atoms with E-state index in [2.05, 4.69) is 46.5 Å². The van der Waals surface area contributed by atoms with E-state index in [1.165, 1.54) is 0 Å². The summed E-state index contributed by atoms with van der Waals surface area (Å²) < 4.78 is 14.1. The van der Waals surface area contributed by atoms with Gasteiger partial charge in [-0.3, -0.25) is 0 Å². The van der Waals surface area contributed by atoms with Gasteiger partial charge in [0, 0.05) is 21.9 Å². The van der Waals surface area contributed by atoms with E-state index in [1.54, 1.807) is 23.0 Å². The third kappa shape index (κ3) is 3.46. The molecule has 0 N–H and O–H groups in total. The van der Waals surface area contributed by atoms with Gasteiger partial charge in [-0.05, 0) is 35.2 Å². The number of benzene rings is 4. The fourth-order valence-electron chi connectivity index (χ4n) is 4.82. The molecule has 0 saturated carbocycles. The largest absolute Gasteiger partial charge is 0.486 e. The van der Waals surface area contributed by atoms with Crippen molar-refractivity contribution in [1.29, 1.82) is 0 Å². The van der Waals surface area contributed by atoms with Crippen LogP contribution in [0.5, 0.6) is 17.4 Å². The second-order valence-electron chi connectivity index (χ2n) is 8.65. The molecule has 0 spiro atoms. The highest BCUT2D eigenvalue weighted by Gasteiger charge is 2.34. The molecule has 4 aromatic carbocycles. The summed E-state index contributed by atoms with van der Waals surface area (Å²) in [6, 6.07) is 30.1. The Bertz CT molecular complexity index is 1730. The highest BCUT2D eigenvalue weighted by Crippen LogP contribution is 2.50. The zero-order valence-electron chi connectivity index (χ0n) is 19.0. The molecular weight excluding hydrogens is 472 g/mol. The second-order valence-corrected chi connectivity index (χ2v) is 9.09. The van der Waals surface area contributed by atoms with Crippen LogP contribution in [0, 0.1) is 0 Å². The second kappa shape index (κ2) is 8.36. The molecule has 0 saturated heterocycles. The van der Waals surface area contributed by atoms with Crippen molar-refractivity contribution >= 4 is 28.0 Å². The van der Waals surface area contributed by atoms with E-state index < -0.39 is 0 Å². The number of aromatic nitrogens is 4. The molecule has 3 heterocycles. The molecule has 0 amide bonds. The van der Waals surface area contributed by atoms with Gasteiger partial charge in [-0.1, -0.05) is 78.3 Å². The zero-order valence-corrected chi connectivity index (χ0v) is 19.8. The standard InChI is InChI=1S/C29H19ClN4O2/c30-20-11-13-21(14-12-20)35-16-24-32-28-26-25(19-7-2-1-3-8-19)23-15-10-18-6-4-5-9-22(18)27(23)36-29(26)31-17-34(28)33-24/h1-15,17,25H,16H2/t25-/m1/s1. The van der Waals surface area contributed by atoms with Gasteiger partial charge in [-0.15, -0.1) is 5.10 Å². The molecule has 0 unspecified atom stereocenters. The van der Waals surface area contributed by atoms with Crippen molar-refractivity contribution in [2.45, 2.75) is 12.5 Å². The van der Waals surface area contributed by atoms with Crippen LogP contribution in [0.2, 0.25) is 5.02 Å². The minimum absolute atomic E-state index is 0.111. The van der Waals surface area contributed by atoms with E-state index >= 15 is 0 Å². The van der Waals surface area contributed by atoms with Crippen molar-refractivity contribution < 1.29 is 9.47 Å². The third-order valence-electron chi connectivity index (χ3n) is 6.45. The summed E-state index contributed by atoms with van der Waals surface area (Å²) in [5, 5.41) is 7.46. The van der Waals surface area contributed by atoms with Gasteiger partial charge in [0.1, 0.15) is 24.4 Å². The van der Waals surface area contributed by atoms with Gasteiger partial charge in [0.05, 0.1) is 5.56 Å². The zero-order chi connectivity index (χ0) is 24.1. The number of nitrogens with zero attached hydrogens (tertiary/aromatic N) is 4. The van der Waals surface area contributed by atoms with Crippen LogP contribution in [-0.4, -0.2) is 19.6 Å². The lowest BCUT2D eigenvalue weighted by Gasteiger charge is -2.28. The van der Waals surface area contributed by atoms with E-state index in [1.807, 2.05) is 42.5 Å². The van der Waals surface area contributed by atoms with Crippen molar-refractivity contribution in [2.75, 3.05) is 0 Å². The van der Waals surface area contributed by atoms with Crippen LogP contribution in [0.4, 0.5) is 0 Å². The Kier molecular flexibility index (Phi) is 4.85. The summed E-state index contributed by atoms with van der Waals surface area (Å²) in [6.45, 7) is 0.218. The first-order chi connectivity index (χ1) is 17.7. The van der Waals surface area contributed by atoms with Gasteiger partial charge in [0.2, 0.25) is 5.88 Å². The Morgan fingerprint density at radius 1 is 0.889 bits per heavy atom. The molecule has 6 nitrogen and oxygen atoms in total. The Labute approximate surface area is 211 Å². The molecule has 1 atom stereocenters. The van der Waals surface area contributed by atoms with E-state index in [9.17, 15) is 0 Å². The molecule has 7 heteroatoms. The first-order valence-corrected chi connectivity index (χ1v) is 12.0. The highest BCUT2D eigenvalue weighted by molar-refractivity contribution is 6.30. The molecule has 6 aromatic rings. The lowest BCUT2D eigenvalue weighted by molar-refractivity contribution is 0.296. The van der Waals surface area contributed by atoms with Gasteiger partial charge in [0.15, 0.2) is 11.5 Å². The first-order valence-electron chi connectivity index (χ1n) is 11.6. The number of hydrogen-bond acceptors (Lipinski definition) is 5. The van der Waals surface area contributed by atoms with Crippen molar-refractivity contribution in [2.24, 2.45) is 0 Å². The minimum Gasteiger partial charge on any atom is -0.486 e. The van der Waals surface area contributed by atoms with Crippen molar-refractivity contribution in [1.82, 2.24) is 19.6 Å². The van der Waals surface area contributed by atoms with Crippen LogP contribution in [0.15, 0.2) is 97.3 Å². The molecule has 7 rings (SSSR count). The summed E-state index contributed by atoms with van der Waals surface area (Å²) in [5.74, 6) is 2.51. The Hall–Kier alpha value is -4.42. The SMILES string of the molecule is Clc1ccc(OCc2nc3c4c(ncn3n2)Oc2c(ccc3ccccc23)[C@H]4c2ccccc2)cc1. The Balaban J connectivity index is 1.37. The van der Waals surface area contributed by atoms with Crippen LogP contribution in [0.3, 0.4) is 0 Å². The van der Waals surface area contributed by atoms with Crippen molar-refractivity contribution in [3.05, 3.63) is 125 Å². The number of ether oxygens (including phenoxy) is 2. The highest BCUT2D eigenvalue weighted by atomic mass is 35.5. The maximum absolute atomic E-state index is 6.46. The number of fused-ring (bicyclic) bond motifs is 6. The molecule has 0 bridgehead atoms. The molecule has 174 valence electrons. The summed E-state index contributed by atoms with van der Waals surface area (Å²) in [6.07, 6.45) is 1.64. The fraction of sp³-hybridized carbons (Fsp3) is 0.0690. The van der Waals surface area contributed by atoms with Gasteiger partial charge in [-0.25, -0.2) is 14.5 Å². The quantitative estimate of drug-likeness (QED) is 0.271. The summed E-state index contributed by atoms with van der Waals surface area (Å²) >= 11 is 5.98. The molecule has 1 aliphatic rings. The van der Waals surface area contributed by atoms with E-state index in [0.29, 0.717) is 28.1 Å². The summed E-state index contributed by atoms with van der Waals surface area (Å²) in [4.78, 5) is 9.50. The number of rotatable bonds is 4.